The molecule has 1 atom stereocenters. The molecule has 0 bridgehead atoms. The first kappa shape index (κ1) is 37.5. The zero-order valence-corrected chi connectivity index (χ0v) is 36.7. The van der Waals surface area contributed by atoms with Crippen molar-refractivity contribution in [1.82, 2.24) is 0 Å². The lowest BCUT2D eigenvalue weighted by Gasteiger charge is -2.45. The van der Waals surface area contributed by atoms with Crippen molar-refractivity contribution in [3.8, 4) is 0 Å². The normalized spacial score (nSPS) is 14.8. The van der Waals surface area contributed by atoms with E-state index < -0.39 is 0 Å². The van der Waals surface area contributed by atoms with Crippen LogP contribution in [0.1, 0.15) is 22.6 Å². The molecule has 8 aromatic carbocycles. The highest BCUT2D eigenvalue weighted by Crippen LogP contribution is 2.63. The molecule has 1 unspecified atom stereocenters. The Morgan fingerprint density at radius 1 is 0.385 bits per heavy atom. The largest absolute Gasteiger partial charge is 0.424 e. The molecule has 8 heteroatoms. The van der Waals surface area contributed by atoms with Crippen molar-refractivity contribution in [2.45, 2.75) is 5.92 Å². The number of anilines is 14. The summed E-state index contributed by atoms with van der Waals surface area (Å²) < 4.78 is 7.82. The van der Waals surface area contributed by atoms with Gasteiger partial charge in [0, 0.05) is 102 Å². The quantitative estimate of drug-likeness (QED) is 0.154. The van der Waals surface area contributed by atoms with E-state index in [1.54, 1.807) is 0 Å². The third-order valence-electron chi connectivity index (χ3n) is 13.8. The number of para-hydroxylation sites is 6. The Labute approximate surface area is 380 Å². The summed E-state index contributed by atoms with van der Waals surface area (Å²) in [6, 6.07) is 70.8. The maximum Gasteiger partial charge on any atom is 0.257 e. The minimum Gasteiger partial charge on any atom is -0.424 e. The summed E-state index contributed by atoms with van der Waals surface area (Å²) in [6.45, 7) is -0.155. The van der Waals surface area contributed by atoms with Gasteiger partial charge in [-0.3, -0.25) is 9.80 Å². The van der Waals surface area contributed by atoms with Crippen LogP contribution >= 0.6 is 0 Å². The van der Waals surface area contributed by atoms with Crippen LogP contribution in [0.15, 0.2) is 199 Å². The lowest BCUT2D eigenvalue weighted by molar-refractivity contribution is 0.574. The Balaban J connectivity index is 1.20. The van der Waals surface area contributed by atoms with Gasteiger partial charge in [-0.25, -0.2) is 0 Å². The average Bonchev–Trinajstić information content (AvgIpc) is 3.74. The van der Waals surface area contributed by atoms with Crippen LogP contribution in [0.4, 0.5) is 80.0 Å². The molecule has 0 radical (unpaired) electrons. The fourth-order valence-electron chi connectivity index (χ4n) is 11.0. The van der Waals surface area contributed by atoms with Gasteiger partial charge in [0.1, 0.15) is 0 Å². The van der Waals surface area contributed by atoms with Crippen LogP contribution in [0.25, 0.3) is 0 Å². The first-order valence-electron chi connectivity index (χ1n) is 22.4. The van der Waals surface area contributed by atoms with Gasteiger partial charge in [-0.1, -0.05) is 109 Å². The van der Waals surface area contributed by atoms with Gasteiger partial charge in [-0.05, 0) is 101 Å². The molecular weight excluding hydrogens is 795 g/mol. The maximum absolute atomic E-state index is 7.82. The number of benzene rings is 8. The van der Waals surface area contributed by atoms with Crippen LogP contribution in [0.2, 0.25) is 0 Å². The van der Waals surface area contributed by atoms with Gasteiger partial charge in [-0.2, -0.15) is 0 Å². The van der Waals surface area contributed by atoms with Crippen molar-refractivity contribution in [2.24, 2.45) is 0 Å². The van der Waals surface area contributed by atoms with E-state index in [9.17, 15) is 0 Å². The fourth-order valence-corrected chi connectivity index (χ4v) is 11.0. The van der Waals surface area contributed by atoms with Crippen molar-refractivity contribution < 1.29 is 4.42 Å². The van der Waals surface area contributed by atoms with Crippen molar-refractivity contribution >= 4 is 103 Å². The fraction of sp³-hybridized carbons (Fsp3) is 0.0877. The van der Waals surface area contributed by atoms with E-state index in [4.69, 9.17) is 4.42 Å². The smallest absolute Gasteiger partial charge is 0.257 e. The number of nitrogens with zero attached hydrogens (tertiary/aromatic N) is 6. The summed E-state index contributed by atoms with van der Waals surface area (Å²) in [7, 11) is 8.54. The van der Waals surface area contributed by atoms with Crippen LogP contribution in [-0.4, -0.2) is 34.9 Å². The zero-order chi connectivity index (χ0) is 43.5. The Morgan fingerprint density at radius 3 is 1.35 bits per heavy atom. The zero-order valence-electron chi connectivity index (χ0n) is 36.7. The number of furan rings is 1. The van der Waals surface area contributed by atoms with Gasteiger partial charge >= 0.3 is 0 Å². The summed E-state index contributed by atoms with van der Waals surface area (Å²) in [5, 5.41) is 0. The van der Waals surface area contributed by atoms with E-state index in [2.05, 4.69) is 252 Å². The second-order valence-electron chi connectivity index (χ2n) is 17.8. The number of fused-ring (bicyclic) bond motifs is 9. The highest BCUT2D eigenvalue weighted by molar-refractivity contribution is 7.00. The molecule has 65 heavy (non-hydrogen) atoms. The molecule has 5 heterocycles. The molecule has 312 valence electrons. The van der Waals surface area contributed by atoms with E-state index in [0.29, 0.717) is 0 Å². The molecule has 0 saturated heterocycles. The lowest BCUT2D eigenvalue weighted by atomic mass is 9.33. The molecule has 1 aromatic heterocycles. The van der Waals surface area contributed by atoms with Gasteiger partial charge in [0.15, 0.2) is 0 Å². The summed E-state index contributed by atoms with van der Waals surface area (Å²) >= 11 is 0. The molecule has 9 aromatic rings. The van der Waals surface area contributed by atoms with Gasteiger partial charge in [-0.15, -0.1) is 0 Å². The SMILES string of the molecule is CN(C)c1cc2c3c(c1)N(c1ccccc1)c1oc4c(c1B3c1ccccc1N2c1ccccc1)C1c2ccccc2N(c2ccccc2)c2cc(N(C)C)cc(c21)N4c1ccccc1. The van der Waals surface area contributed by atoms with E-state index in [1.165, 1.54) is 44.5 Å². The van der Waals surface area contributed by atoms with E-state index in [1.807, 2.05) is 0 Å². The predicted molar refractivity (Wildman–Crippen MR) is 272 cm³/mol. The van der Waals surface area contributed by atoms with Crippen molar-refractivity contribution in [3.63, 3.8) is 0 Å². The number of hydrogen-bond donors (Lipinski definition) is 0. The monoisotopic (exact) mass is 840 g/mol. The molecule has 0 amide bonds. The Morgan fingerprint density at radius 2 is 0.800 bits per heavy atom. The summed E-state index contributed by atoms with van der Waals surface area (Å²) in [5.41, 5.74) is 20.8. The number of rotatable bonds is 6. The molecule has 13 rings (SSSR count). The topological polar surface area (TPSA) is 32.6 Å². The molecule has 4 aliphatic rings. The molecule has 0 aliphatic carbocycles. The van der Waals surface area contributed by atoms with E-state index in [-0.39, 0.29) is 12.6 Å². The molecule has 0 fully saturated rings. The van der Waals surface area contributed by atoms with Gasteiger partial charge in [0.2, 0.25) is 11.8 Å². The van der Waals surface area contributed by atoms with Crippen LogP contribution in [0.5, 0.6) is 0 Å². The molecule has 4 aliphatic heterocycles. The van der Waals surface area contributed by atoms with E-state index in [0.717, 1.165) is 68.6 Å². The Hall–Kier alpha value is -8.10. The van der Waals surface area contributed by atoms with Crippen LogP contribution in [-0.2, 0) is 0 Å². The summed E-state index contributed by atoms with van der Waals surface area (Å²) in [4.78, 5) is 14.2. The molecular formula is C57H45BN6O. The van der Waals surface area contributed by atoms with Crippen LogP contribution < -0.4 is 45.8 Å². The van der Waals surface area contributed by atoms with Crippen molar-refractivity contribution in [1.29, 1.82) is 0 Å². The third-order valence-corrected chi connectivity index (χ3v) is 13.8. The number of hydrogen-bond acceptors (Lipinski definition) is 7. The lowest BCUT2D eigenvalue weighted by Crippen LogP contribution is -2.62. The summed E-state index contributed by atoms with van der Waals surface area (Å²) in [5.74, 6) is 1.53. The van der Waals surface area contributed by atoms with Crippen molar-refractivity contribution in [2.75, 3.05) is 57.6 Å². The molecule has 7 nitrogen and oxygen atoms in total. The van der Waals surface area contributed by atoms with Gasteiger partial charge in [0.25, 0.3) is 6.71 Å². The molecule has 0 N–H and O–H groups in total. The highest BCUT2D eigenvalue weighted by Gasteiger charge is 2.53. The Kier molecular flexibility index (Phi) is 8.19. The first-order chi connectivity index (χ1) is 32.0. The van der Waals surface area contributed by atoms with Gasteiger partial charge in [0.05, 0.1) is 17.1 Å². The first-order valence-corrected chi connectivity index (χ1v) is 22.4. The molecule has 0 saturated carbocycles. The second-order valence-corrected chi connectivity index (χ2v) is 17.8. The van der Waals surface area contributed by atoms with Crippen LogP contribution in [0, 0.1) is 0 Å². The Bertz CT molecular complexity index is 3100. The second kappa shape index (κ2) is 14.2. The minimum absolute atomic E-state index is 0.155. The van der Waals surface area contributed by atoms with E-state index >= 15 is 0 Å². The predicted octanol–water partition coefficient (Wildman–Crippen LogP) is 12.2. The average molecular weight is 841 g/mol. The third kappa shape index (κ3) is 5.37. The van der Waals surface area contributed by atoms with Gasteiger partial charge < -0.3 is 24.0 Å². The minimum atomic E-state index is -0.155. The molecule has 0 spiro atoms. The standard InChI is InChI=1S/C57H45BN6O/c1-59(2)41-33-47-52-48(34-41)63(39-25-13-7-14-26-39)56-53(51(52)43-29-17-19-31-45(43)61(47)37-21-9-5-10-22-37)55-57(65-56)64(40-27-15-8-16-28-40)50-36-42(60(3)4)35-49-54(50)58(55)44-30-18-20-32-46(44)62(49)38-23-11-6-12-24-38/h5-36,51H,1-4H3. The highest BCUT2D eigenvalue weighted by atomic mass is 16.4. The van der Waals surface area contributed by atoms with Crippen LogP contribution in [0.3, 0.4) is 0 Å². The maximum atomic E-state index is 7.82. The summed E-state index contributed by atoms with van der Waals surface area (Å²) in [6.07, 6.45) is 0. The van der Waals surface area contributed by atoms with Crippen molar-refractivity contribution in [3.05, 3.63) is 211 Å².